The minimum atomic E-state index is 0.448. The molecule has 0 aromatic heterocycles. The standard InChI is InChI=1S/C17H28.C2H6/c1-6-14(3)16(13-17(4,5)7-2)15-11-9-8-10-12-15;1-2/h8-12,14,16H,6-7,13H2,1-5H3;1-2H3. The summed E-state index contributed by atoms with van der Waals surface area (Å²) in [6, 6.07) is 11.0. The van der Waals surface area contributed by atoms with Crippen molar-refractivity contribution in [1.82, 2.24) is 0 Å². The zero-order valence-electron chi connectivity index (χ0n) is 14.2. The minimum Gasteiger partial charge on any atom is -0.0683 e. The first-order valence-corrected chi connectivity index (χ1v) is 8.05. The summed E-state index contributed by atoms with van der Waals surface area (Å²) < 4.78 is 0. The van der Waals surface area contributed by atoms with Crippen molar-refractivity contribution in [3.63, 3.8) is 0 Å². The largest absolute Gasteiger partial charge is 0.0683 e. The first-order valence-electron chi connectivity index (χ1n) is 8.05. The molecule has 0 aliphatic rings. The molecule has 0 aliphatic heterocycles. The molecule has 0 aliphatic carbocycles. The van der Waals surface area contributed by atoms with Gasteiger partial charge in [-0.2, -0.15) is 0 Å². The van der Waals surface area contributed by atoms with Crippen molar-refractivity contribution in [2.45, 2.75) is 73.6 Å². The summed E-state index contributed by atoms with van der Waals surface area (Å²) >= 11 is 0. The van der Waals surface area contributed by atoms with Crippen LogP contribution in [0.4, 0.5) is 0 Å². The Morgan fingerprint density at radius 3 is 1.95 bits per heavy atom. The van der Waals surface area contributed by atoms with Gasteiger partial charge in [0.05, 0.1) is 0 Å². The molecule has 2 unspecified atom stereocenters. The maximum absolute atomic E-state index is 2.39. The van der Waals surface area contributed by atoms with E-state index in [1.54, 1.807) is 0 Å². The van der Waals surface area contributed by atoms with Gasteiger partial charge in [0, 0.05) is 0 Å². The number of rotatable bonds is 6. The lowest BCUT2D eigenvalue weighted by Gasteiger charge is -2.32. The summed E-state index contributed by atoms with van der Waals surface area (Å²) in [5.74, 6) is 1.47. The molecule has 19 heavy (non-hydrogen) atoms. The van der Waals surface area contributed by atoms with Gasteiger partial charge in [-0.15, -0.1) is 0 Å². The third-order valence-corrected chi connectivity index (χ3v) is 4.29. The van der Waals surface area contributed by atoms with Crippen LogP contribution in [0.15, 0.2) is 30.3 Å². The predicted molar refractivity (Wildman–Crippen MR) is 88.7 cm³/mol. The van der Waals surface area contributed by atoms with Gasteiger partial charge in [-0.05, 0) is 29.2 Å². The van der Waals surface area contributed by atoms with Crippen molar-refractivity contribution in [2.75, 3.05) is 0 Å². The van der Waals surface area contributed by atoms with E-state index in [0.717, 1.165) is 5.92 Å². The quantitative estimate of drug-likeness (QED) is 0.537. The molecule has 0 heteroatoms. The molecule has 0 nitrogen and oxygen atoms in total. The van der Waals surface area contributed by atoms with Gasteiger partial charge in [-0.1, -0.05) is 91.6 Å². The van der Waals surface area contributed by atoms with Crippen LogP contribution in [0, 0.1) is 11.3 Å². The van der Waals surface area contributed by atoms with Crippen LogP contribution in [0.25, 0.3) is 0 Å². The average Bonchev–Trinajstić information content (AvgIpc) is 2.47. The molecular formula is C19H34. The van der Waals surface area contributed by atoms with Gasteiger partial charge in [0.1, 0.15) is 0 Å². The second-order valence-corrected chi connectivity index (χ2v) is 6.12. The Kier molecular flexibility index (Phi) is 8.80. The zero-order valence-corrected chi connectivity index (χ0v) is 14.2. The molecule has 0 saturated heterocycles. The molecular weight excluding hydrogens is 228 g/mol. The van der Waals surface area contributed by atoms with Crippen LogP contribution < -0.4 is 0 Å². The molecule has 1 aromatic carbocycles. The molecule has 0 radical (unpaired) electrons. The van der Waals surface area contributed by atoms with Crippen LogP contribution in [0.2, 0.25) is 0 Å². The fourth-order valence-corrected chi connectivity index (χ4v) is 2.37. The average molecular weight is 262 g/mol. The highest BCUT2D eigenvalue weighted by Crippen LogP contribution is 2.39. The van der Waals surface area contributed by atoms with E-state index in [1.165, 1.54) is 24.8 Å². The van der Waals surface area contributed by atoms with Crippen LogP contribution in [0.5, 0.6) is 0 Å². The van der Waals surface area contributed by atoms with Gasteiger partial charge in [0.2, 0.25) is 0 Å². The van der Waals surface area contributed by atoms with Gasteiger partial charge in [-0.3, -0.25) is 0 Å². The van der Waals surface area contributed by atoms with Crippen LogP contribution in [-0.4, -0.2) is 0 Å². The van der Waals surface area contributed by atoms with Crippen LogP contribution in [0.1, 0.15) is 79.2 Å². The number of hydrogen-bond donors (Lipinski definition) is 0. The van der Waals surface area contributed by atoms with Crippen molar-refractivity contribution in [1.29, 1.82) is 0 Å². The molecule has 110 valence electrons. The molecule has 0 fully saturated rings. The van der Waals surface area contributed by atoms with Gasteiger partial charge < -0.3 is 0 Å². The van der Waals surface area contributed by atoms with E-state index in [-0.39, 0.29) is 0 Å². The molecule has 0 amide bonds. The zero-order chi connectivity index (χ0) is 14.9. The summed E-state index contributed by atoms with van der Waals surface area (Å²) in [6.07, 6.45) is 3.81. The van der Waals surface area contributed by atoms with Gasteiger partial charge in [0.25, 0.3) is 0 Å². The minimum absolute atomic E-state index is 0.448. The van der Waals surface area contributed by atoms with Crippen molar-refractivity contribution < 1.29 is 0 Å². The molecule has 0 spiro atoms. The summed E-state index contributed by atoms with van der Waals surface area (Å²) in [7, 11) is 0. The lowest BCUT2D eigenvalue weighted by molar-refractivity contribution is 0.255. The Labute approximate surface area is 121 Å². The smallest absolute Gasteiger partial charge is 0.0131 e. The Bertz CT molecular complexity index is 310. The molecule has 1 rings (SSSR count). The van der Waals surface area contributed by atoms with Crippen LogP contribution in [-0.2, 0) is 0 Å². The summed E-state index contributed by atoms with van der Waals surface area (Å²) in [4.78, 5) is 0. The molecule has 0 saturated carbocycles. The maximum Gasteiger partial charge on any atom is -0.0131 e. The summed E-state index contributed by atoms with van der Waals surface area (Å²) in [6.45, 7) is 15.8. The SMILES string of the molecule is CC.CCC(C)C(CC(C)(C)CC)c1ccccc1. The van der Waals surface area contributed by atoms with E-state index in [0.29, 0.717) is 11.3 Å². The van der Waals surface area contributed by atoms with E-state index in [2.05, 4.69) is 65.0 Å². The molecule has 1 aromatic rings. The highest BCUT2D eigenvalue weighted by molar-refractivity contribution is 5.20. The first kappa shape index (κ1) is 18.2. The van der Waals surface area contributed by atoms with Gasteiger partial charge in [0.15, 0.2) is 0 Å². The Hall–Kier alpha value is -0.780. The Balaban J connectivity index is 0.00000154. The Morgan fingerprint density at radius 2 is 1.53 bits per heavy atom. The monoisotopic (exact) mass is 262 g/mol. The summed E-state index contributed by atoms with van der Waals surface area (Å²) in [5.41, 5.74) is 1.97. The van der Waals surface area contributed by atoms with E-state index < -0.39 is 0 Å². The van der Waals surface area contributed by atoms with Gasteiger partial charge in [-0.25, -0.2) is 0 Å². The molecule has 0 heterocycles. The number of hydrogen-bond acceptors (Lipinski definition) is 0. The lowest BCUT2D eigenvalue weighted by atomic mass is 9.73. The predicted octanol–water partition coefficient (Wildman–Crippen LogP) is 6.67. The van der Waals surface area contributed by atoms with Crippen LogP contribution >= 0.6 is 0 Å². The lowest BCUT2D eigenvalue weighted by Crippen LogP contribution is -2.19. The van der Waals surface area contributed by atoms with Crippen molar-refractivity contribution in [3.05, 3.63) is 35.9 Å². The second-order valence-electron chi connectivity index (χ2n) is 6.12. The third-order valence-electron chi connectivity index (χ3n) is 4.29. The van der Waals surface area contributed by atoms with E-state index >= 15 is 0 Å². The van der Waals surface area contributed by atoms with Crippen molar-refractivity contribution >= 4 is 0 Å². The highest BCUT2D eigenvalue weighted by atomic mass is 14.3. The van der Waals surface area contributed by atoms with E-state index in [4.69, 9.17) is 0 Å². The Morgan fingerprint density at radius 1 is 1.00 bits per heavy atom. The van der Waals surface area contributed by atoms with Crippen molar-refractivity contribution in [3.8, 4) is 0 Å². The molecule has 0 N–H and O–H groups in total. The number of benzene rings is 1. The normalized spacial score (nSPS) is 14.3. The highest BCUT2D eigenvalue weighted by Gasteiger charge is 2.25. The first-order chi connectivity index (χ1) is 9.00. The second kappa shape index (κ2) is 9.18. The maximum atomic E-state index is 2.39. The summed E-state index contributed by atoms with van der Waals surface area (Å²) in [5, 5.41) is 0. The fourth-order valence-electron chi connectivity index (χ4n) is 2.37. The van der Waals surface area contributed by atoms with E-state index in [1.807, 2.05) is 13.8 Å². The molecule has 0 bridgehead atoms. The van der Waals surface area contributed by atoms with Crippen molar-refractivity contribution in [2.24, 2.45) is 11.3 Å². The fraction of sp³-hybridized carbons (Fsp3) is 0.684. The van der Waals surface area contributed by atoms with Crippen LogP contribution in [0.3, 0.4) is 0 Å². The van der Waals surface area contributed by atoms with E-state index in [9.17, 15) is 0 Å². The molecule has 2 atom stereocenters. The topological polar surface area (TPSA) is 0 Å². The van der Waals surface area contributed by atoms with Gasteiger partial charge >= 0.3 is 0 Å². The third kappa shape index (κ3) is 6.27.